The van der Waals surface area contributed by atoms with Gasteiger partial charge >= 0.3 is 0 Å². The van der Waals surface area contributed by atoms with Gasteiger partial charge in [-0.3, -0.25) is 0 Å². The van der Waals surface area contributed by atoms with E-state index >= 15 is 0 Å². The summed E-state index contributed by atoms with van der Waals surface area (Å²) < 4.78 is 5.11. The second-order valence-corrected chi connectivity index (χ2v) is 5.56. The van der Waals surface area contributed by atoms with Crippen LogP contribution in [0, 0.1) is 11.3 Å². The lowest BCUT2D eigenvalue weighted by Gasteiger charge is -2.36. The van der Waals surface area contributed by atoms with Crippen LogP contribution in [0.1, 0.15) is 40.0 Å². The number of methoxy groups -OCH3 is 1. The van der Waals surface area contributed by atoms with Crippen molar-refractivity contribution in [3.63, 3.8) is 0 Å². The van der Waals surface area contributed by atoms with Crippen molar-refractivity contribution in [3.8, 4) is 0 Å². The van der Waals surface area contributed by atoms with Gasteiger partial charge in [0.25, 0.3) is 0 Å². The van der Waals surface area contributed by atoms with Gasteiger partial charge in [0.05, 0.1) is 0 Å². The van der Waals surface area contributed by atoms with Crippen LogP contribution < -0.4 is 5.32 Å². The van der Waals surface area contributed by atoms with Gasteiger partial charge in [-0.25, -0.2) is 0 Å². The summed E-state index contributed by atoms with van der Waals surface area (Å²) in [7, 11) is 1.77. The lowest BCUT2D eigenvalue weighted by Crippen LogP contribution is -2.44. The Morgan fingerprint density at radius 3 is 2.50 bits per heavy atom. The monoisotopic (exact) mass is 199 g/mol. The predicted molar refractivity (Wildman–Crippen MR) is 60.5 cm³/mol. The first-order valence-electron chi connectivity index (χ1n) is 5.76. The molecule has 0 aromatic heterocycles. The van der Waals surface area contributed by atoms with E-state index in [0.717, 1.165) is 31.5 Å². The van der Waals surface area contributed by atoms with Crippen LogP contribution in [-0.4, -0.2) is 26.3 Å². The maximum absolute atomic E-state index is 5.11. The smallest absolute Gasteiger partial charge is 0.0467 e. The summed E-state index contributed by atoms with van der Waals surface area (Å²) in [6.07, 6.45) is 3.86. The van der Waals surface area contributed by atoms with Gasteiger partial charge in [-0.05, 0) is 30.6 Å². The lowest BCUT2D eigenvalue weighted by molar-refractivity contribution is 0.140. The standard InChI is InChI=1S/C12H25NO/c1-10-7-11(8-10)13-9-12(2,3)5-6-14-4/h10-11,13H,5-9H2,1-4H3. The molecule has 0 amide bonds. The molecule has 0 aromatic carbocycles. The van der Waals surface area contributed by atoms with Crippen molar-refractivity contribution in [2.45, 2.75) is 46.1 Å². The van der Waals surface area contributed by atoms with Gasteiger partial charge in [-0.1, -0.05) is 20.8 Å². The van der Waals surface area contributed by atoms with Gasteiger partial charge in [0.15, 0.2) is 0 Å². The summed E-state index contributed by atoms with van der Waals surface area (Å²) >= 11 is 0. The Balaban J connectivity index is 2.09. The normalized spacial score (nSPS) is 27.4. The van der Waals surface area contributed by atoms with Crippen molar-refractivity contribution >= 4 is 0 Å². The maximum Gasteiger partial charge on any atom is 0.0467 e. The fourth-order valence-electron chi connectivity index (χ4n) is 1.96. The van der Waals surface area contributed by atoms with E-state index in [2.05, 4.69) is 26.1 Å². The highest BCUT2D eigenvalue weighted by Gasteiger charge is 2.27. The highest BCUT2D eigenvalue weighted by molar-refractivity contribution is 4.84. The van der Waals surface area contributed by atoms with Gasteiger partial charge in [0.1, 0.15) is 0 Å². The average molecular weight is 199 g/mol. The Labute approximate surface area is 88.4 Å². The molecule has 0 unspecified atom stereocenters. The largest absolute Gasteiger partial charge is 0.385 e. The van der Waals surface area contributed by atoms with Crippen LogP contribution in [0.5, 0.6) is 0 Å². The zero-order valence-electron chi connectivity index (χ0n) is 10.1. The van der Waals surface area contributed by atoms with E-state index in [-0.39, 0.29) is 0 Å². The molecule has 14 heavy (non-hydrogen) atoms. The molecule has 1 aliphatic rings. The minimum atomic E-state index is 0.370. The molecule has 0 saturated heterocycles. The number of nitrogens with one attached hydrogen (secondary N) is 1. The summed E-state index contributed by atoms with van der Waals surface area (Å²) in [6, 6.07) is 0.784. The van der Waals surface area contributed by atoms with E-state index in [1.165, 1.54) is 12.8 Å². The molecule has 0 bridgehead atoms. The Morgan fingerprint density at radius 1 is 1.36 bits per heavy atom. The molecule has 2 nitrogen and oxygen atoms in total. The van der Waals surface area contributed by atoms with E-state index in [1.807, 2.05) is 0 Å². The highest BCUT2D eigenvalue weighted by atomic mass is 16.5. The van der Waals surface area contributed by atoms with Crippen LogP contribution in [0.15, 0.2) is 0 Å². The third kappa shape index (κ3) is 3.97. The van der Waals surface area contributed by atoms with E-state index < -0.39 is 0 Å². The molecule has 0 atom stereocenters. The summed E-state index contributed by atoms with van der Waals surface area (Å²) in [6.45, 7) is 8.93. The Morgan fingerprint density at radius 2 is 2.00 bits per heavy atom. The van der Waals surface area contributed by atoms with Gasteiger partial charge < -0.3 is 10.1 Å². The molecular weight excluding hydrogens is 174 g/mol. The van der Waals surface area contributed by atoms with Crippen LogP contribution in [0.25, 0.3) is 0 Å². The molecule has 84 valence electrons. The number of hydrogen-bond donors (Lipinski definition) is 1. The van der Waals surface area contributed by atoms with Crippen LogP contribution in [0.2, 0.25) is 0 Å². The zero-order valence-corrected chi connectivity index (χ0v) is 10.1. The second-order valence-electron chi connectivity index (χ2n) is 5.56. The van der Waals surface area contributed by atoms with Gasteiger partial charge in [-0.15, -0.1) is 0 Å². The molecule has 1 aliphatic carbocycles. The van der Waals surface area contributed by atoms with E-state index in [4.69, 9.17) is 4.74 Å². The van der Waals surface area contributed by atoms with Crippen molar-refractivity contribution in [2.75, 3.05) is 20.3 Å². The molecule has 0 aromatic rings. The van der Waals surface area contributed by atoms with Crippen molar-refractivity contribution < 1.29 is 4.74 Å². The molecule has 0 heterocycles. The third-order valence-electron chi connectivity index (χ3n) is 3.23. The fourth-order valence-corrected chi connectivity index (χ4v) is 1.96. The van der Waals surface area contributed by atoms with Crippen LogP contribution in [-0.2, 0) is 4.74 Å². The van der Waals surface area contributed by atoms with E-state index in [0.29, 0.717) is 5.41 Å². The van der Waals surface area contributed by atoms with Gasteiger partial charge in [-0.2, -0.15) is 0 Å². The molecule has 0 radical (unpaired) electrons. The van der Waals surface area contributed by atoms with Crippen LogP contribution >= 0.6 is 0 Å². The van der Waals surface area contributed by atoms with Gasteiger partial charge in [0, 0.05) is 26.3 Å². The van der Waals surface area contributed by atoms with E-state index in [9.17, 15) is 0 Å². The molecule has 0 aliphatic heterocycles. The van der Waals surface area contributed by atoms with E-state index in [1.54, 1.807) is 7.11 Å². The van der Waals surface area contributed by atoms with Crippen molar-refractivity contribution in [3.05, 3.63) is 0 Å². The quantitative estimate of drug-likeness (QED) is 0.709. The fraction of sp³-hybridized carbons (Fsp3) is 1.00. The third-order valence-corrected chi connectivity index (χ3v) is 3.23. The first kappa shape index (κ1) is 12.0. The molecule has 2 heteroatoms. The van der Waals surface area contributed by atoms with Crippen molar-refractivity contribution in [1.29, 1.82) is 0 Å². The first-order valence-corrected chi connectivity index (χ1v) is 5.76. The number of ether oxygens (including phenoxy) is 1. The Bertz CT molecular complexity index is 162. The minimum Gasteiger partial charge on any atom is -0.385 e. The van der Waals surface area contributed by atoms with Crippen molar-refractivity contribution in [2.24, 2.45) is 11.3 Å². The molecule has 1 fully saturated rings. The first-order chi connectivity index (χ1) is 6.53. The average Bonchev–Trinajstić information content (AvgIpc) is 2.07. The summed E-state index contributed by atoms with van der Waals surface area (Å²) in [4.78, 5) is 0. The molecule has 0 spiro atoms. The molecule has 1 rings (SSSR count). The second kappa shape index (κ2) is 5.13. The SMILES string of the molecule is COCCC(C)(C)CNC1CC(C)C1. The van der Waals surface area contributed by atoms with Crippen molar-refractivity contribution in [1.82, 2.24) is 5.32 Å². The summed E-state index contributed by atoms with van der Waals surface area (Å²) in [5.41, 5.74) is 0.370. The summed E-state index contributed by atoms with van der Waals surface area (Å²) in [5, 5.41) is 3.64. The minimum absolute atomic E-state index is 0.370. The summed E-state index contributed by atoms with van der Waals surface area (Å²) in [5.74, 6) is 0.939. The molecule has 1 N–H and O–H groups in total. The Kier molecular flexibility index (Phi) is 4.39. The predicted octanol–water partition coefficient (Wildman–Crippen LogP) is 2.44. The topological polar surface area (TPSA) is 21.3 Å². The van der Waals surface area contributed by atoms with Crippen LogP contribution in [0.4, 0.5) is 0 Å². The Hall–Kier alpha value is -0.0800. The van der Waals surface area contributed by atoms with Crippen LogP contribution in [0.3, 0.4) is 0 Å². The number of rotatable bonds is 6. The zero-order chi connectivity index (χ0) is 10.6. The molecule has 1 saturated carbocycles. The molecular formula is C12H25NO. The lowest BCUT2D eigenvalue weighted by atomic mass is 9.80. The highest BCUT2D eigenvalue weighted by Crippen LogP contribution is 2.27. The maximum atomic E-state index is 5.11. The number of hydrogen-bond acceptors (Lipinski definition) is 2. The van der Waals surface area contributed by atoms with Gasteiger partial charge in [0.2, 0.25) is 0 Å².